The Morgan fingerprint density at radius 1 is 1.50 bits per heavy atom. The van der Waals surface area contributed by atoms with Crippen LogP contribution < -0.4 is 11.1 Å². The van der Waals surface area contributed by atoms with E-state index in [2.05, 4.69) is 10.3 Å². The molecule has 0 saturated heterocycles. The van der Waals surface area contributed by atoms with Crippen LogP contribution in [-0.4, -0.2) is 28.0 Å². The number of carboxylic acid groups (broad SMARTS) is 1. The fraction of sp³-hybridized carbons (Fsp3) is 0.417. The van der Waals surface area contributed by atoms with Gasteiger partial charge in [0.25, 0.3) is 0 Å². The van der Waals surface area contributed by atoms with Crippen LogP contribution in [0.25, 0.3) is 0 Å². The average molecular weight is 251 g/mol. The molecule has 1 unspecified atom stereocenters. The van der Waals surface area contributed by atoms with Crippen molar-refractivity contribution in [2.75, 3.05) is 5.73 Å². The number of carbonyl (C=O) groups excluding carboxylic acids is 1. The lowest BCUT2D eigenvalue weighted by Gasteiger charge is -2.14. The van der Waals surface area contributed by atoms with Gasteiger partial charge in [-0.2, -0.15) is 0 Å². The molecule has 0 aliphatic heterocycles. The number of pyridine rings is 1. The summed E-state index contributed by atoms with van der Waals surface area (Å²) in [5.74, 6) is -1.16. The lowest BCUT2D eigenvalue weighted by molar-refractivity contribution is -0.137. The van der Waals surface area contributed by atoms with E-state index in [1.165, 1.54) is 6.20 Å². The van der Waals surface area contributed by atoms with E-state index in [0.717, 1.165) is 0 Å². The van der Waals surface area contributed by atoms with E-state index in [1.807, 2.05) is 6.92 Å². The maximum atomic E-state index is 11.7. The van der Waals surface area contributed by atoms with Gasteiger partial charge in [-0.25, -0.2) is 0 Å². The monoisotopic (exact) mass is 251 g/mol. The zero-order chi connectivity index (χ0) is 13.5. The summed E-state index contributed by atoms with van der Waals surface area (Å²) in [6, 6.07) is 3.00. The highest BCUT2D eigenvalue weighted by atomic mass is 16.4. The number of hydrogen-bond acceptors (Lipinski definition) is 4. The van der Waals surface area contributed by atoms with E-state index < -0.39 is 5.97 Å². The number of nitrogens with zero attached hydrogens (tertiary/aromatic N) is 1. The Hall–Kier alpha value is -2.11. The van der Waals surface area contributed by atoms with Crippen LogP contribution in [0.4, 0.5) is 5.69 Å². The summed E-state index contributed by atoms with van der Waals surface area (Å²) in [4.78, 5) is 26.3. The molecule has 6 heteroatoms. The molecule has 98 valence electrons. The SMILES string of the molecule is CCC(CC(=O)O)NC(=O)Cc1ccc(N)cn1. The Bertz CT molecular complexity index is 417. The Balaban J connectivity index is 2.49. The van der Waals surface area contributed by atoms with E-state index in [1.54, 1.807) is 12.1 Å². The third kappa shape index (κ3) is 4.82. The molecule has 1 heterocycles. The van der Waals surface area contributed by atoms with Crippen LogP contribution in [-0.2, 0) is 16.0 Å². The number of carbonyl (C=O) groups is 2. The van der Waals surface area contributed by atoms with Crippen molar-refractivity contribution in [2.45, 2.75) is 32.2 Å². The van der Waals surface area contributed by atoms with Crippen molar-refractivity contribution < 1.29 is 14.7 Å². The Labute approximate surface area is 105 Å². The van der Waals surface area contributed by atoms with Gasteiger partial charge in [0.1, 0.15) is 0 Å². The number of carboxylic acids is 1. The number of aromatic nitrogens is 1. The number of nitrogens with two attached hydrogens (primary N) is 1. The first-order chi connectivity index (χ1) is 8.51. The van der Waals surface area contributed by atoms with Crippen molar-refractivity contribution in [3.8, 4) is 0 Å². The van der Waals surface area contributed by atoms with Gasteiger partial charge in [-0.15, -0.1) is 0 Å². The van der Waals surface area contributed by atoms with Crippen LogP contribution in [0.5, 0.6) is 0 Å². The molecule has 0 radical (unpaired) electrons. The van der Waals surface area contributed by atoms with Gasteiger partial charge in [0.05, 0.1) is 24.7 Å². The van der Waals surface area contributed by atoms with Gasteiger partial charge >= 0.3 is 5.97 Å². The van der Waals surface area contributed by atoms with E-state index >= 15 is 0 Å². The van der Waals surface area contributed by atoms with E-state index in [9.17, 15) is 9.59 Å². The molecule has 1 aromatic rings. The quantitative estimate of drug-likeness (QED) is 0.685. The summed E-state index contributed by atoms with van der Waals surface area (Å²) >= 11 is 0. The molecule has 0 bridgehead atoms. The highest BCUT2D eigenvalue weighted by Gasteiger charge is 2.14. The number of nitrogens with one attached hydrogen (secondary N) is 1. The maximum absolute atomic E-state index is 11.7. The Morgan fingerprint density at radius 2 is 2.22 bits per heavy atom. The van der Waals surface area contributed by atoms with Crippen LogP contribution in [0.1, 0.15) is 25.5 Å². The second-order valence-corrected chi connectivity index (χ2v) is 4.03. The van der Waals surface area contributed by atoms with E-state index in [0.29, 0.717) is 17.8 Å². The number of rotatable bonds is 6. The largest absolute Gasteiger partial charge is 0.481 e. The fourth-order valence-corrected chi connectivity index (χ4v) is 1.49. The van der Waals surface area contributed by atoms with Gasteiger partial charge in [-0.05, 0) is 18.6 Å². The minimum atomic E-state index is -0.923. The summed E-state index contributed by atoms with van der Waals surface area (Å²) < 4.78 is 0. The molecule has 1 aromatic heterocycles. The lowest BCUT2D eigenvalue weighted by atomic mass is 10.1. The smallest absolute Gasteiger partial charge is 0.305 e. The number of aliphatic carboxylic acids is 1. The first-order valence-corrected chi connectivity index (χ1v) is 5.72. The van der Waals surface area contributed by atoms with Crippen molar-refractivity contribution in [3.63, 3.8) is 0 Å². The van der Waals surface area contributed by atoms with Crippen molar-refractivity contribution in [2.24, 2.45) is 0 Å². The first kappa shape index (κ1) is 14.0. The van der Waals surface area contributed by atoms with Crippen molar-refractivity contribution in [1.29, 1.82) is 0 Å². The highest BCUT2D eigenvalue weighted by molar-refractivity contribution is 5.79. The third-order valence-corrected chi connectivity index (χ3v) is 2.47. The van der Waals surface area contributed by atoms with E-state index in [4.69, 9.17) is 10.8 Å². The summed E-state index contributed by atoms with van der Waals surface area (Å²) in [6.07, 6.45) is 2.11. The number of nitrogen functional groups attached to an aromatic ring is 1. The number of hydrogen-bond donors (Lipinski definition) is 3. The van der Waals surface area contributed by atoms with Crippen LogP contribution >= 0.6 is 0 Å². The lowest BCUT2D eigenvalue weighted by Crippen LogP contribution is -2.37. The zero-order valence-electron chi connectivity index (χ0n) is 10.2. The van der Waals surface area contributed by atoms with Crippen LogP contribution in [0.3, 0.4) is 0 Å². The maximum Gasteiger partial charge on any atom is 0.305 e. The molecule has 0 aliphatic carbocycles. The van der Waals surface area contributed by atoms with Crippen LogP contribution in [0.2, 0.25) is 0 Å². The minimum absolute atomic E-state index is 0.0720. The molecule has 0 fully saturated rings. The second kappa shape index (κ2) is 6.58. The third-order valence-electron chi connectivity index (χ3n) is 2.47. The summed E-state index contributed by atoms with van der Waals surface area (Å²) in [6.45, 7) is 1.83. The molecule has 1 atom stereocenters. The summed E-state index contributed by atoms with van der Waals surface area (Å²) in [5.41, 5.74) is 6.63. The minimum Gasteiger partial charge on any atom is -0.481 e. The predicted octanol–water partition coefficient (Wildman–Crippen LogP) is 0.576. The summed E-state index contributed by atoms with van der Waals surface area (Å²) in [7, 11) is 0. The van der Waals surface area contributed by atoms with Crippen LogP contribution in [0.15, 0.2) is 18.3 Å². The fourth-order valence-electron chi connectivity index (χ4n) is 1.49. The van der Waals surface area contributed by atoms with Gasteiger partial charge in [0.15, 0.2) is 0 Å². The summed E-state index contributed by atoms with van der Waals surface area (Å²) in [5, 5.41) is 11.3. The van der Waals surface area contributed by atoms with Gasteiger partial charge < -0.3 is 16.2 Å². The topological polar surface area (TPSA) is 105 Å². The number of anilines is 1. The molecule has 0 aromatic carbocycles. The molecule has 4 N–H and O–H groups in total. The van der Waals surface area contributed by atoms with Crippen molar-refractivity contribution in [1.82, 2.24) is 10.3 Å². The molecule has 1 rings (SSSR count). The molecular weight excluding hydrogens is 234 g/mol. The number of amides is 1. The van der Waals surface area contributed by atoms with Crippen LogP contribution in [0, 0.1) is 0 Å². The predicted molar refractivity (Wildman–Crippen MR) is 66.8 cm³/mol. The molecule has 0 saturated carbocycles. The molecule has 18 heavy (non-hydrogen) atoms. The van der Waals surface area contributed by atoms with Gasteiger partial charge in [0, 0.05) is 11.7 Å². The van der Waals surface area contributed by atoms with Crippen molar-refractivity contribution in [3.05, 3.63) is 24.0 Å². The highest BCUT2D eigenvalue weighted by Crippen LogP contribution is 2.03. The molecule has 0 aliphatic rings. The molecule has 1 amide bonds. The zero-order valence-corrected chi connectivity index (χ0v) is 10.2. The van der Waals surface area contributed by atoms with Gasteiger partial charge in [-0.1, -0.05) is 6.92 Å². The van der Waals surface area contributed by atoms with Crippen molar-refractivity contribution >= 4 is 17.6 Å². The Kier molecular flexibility index (Phi) is 5.10. The molecule has 0 spiro atoms. The van der Waals surface area contributed by atoms with E-state index in [-0.39, 0.29) is 24.8 Å². The molecular formula is C12H17N3O3. The normalized spacial score (nSPS) is 11.8. The Morgan fingerprint density at radius 3 is 2.72 bits per heavy atom. The average Bonchev–Trinajstić information content (AvgIpc) is 2.30. The molecule has 6 nitrogen and oxygen atoms in total. The second-order valence-electron chi connectivity index (χ2n) is 4.03. The van der Waals surface area contributed by atoms with Gasteiger partial charge in [-0.3, -0.25) is 14.6 Å². The standard InChI is InChI=1S/C12H17N3O3/c1-2-9(6-12(17)18)15-11(16)5-10-4-3-8(13)7-14-10/h3-4,7,9H,2,5-6,13H2,1H3,(H,15,16)(H,17,18). The van der Waals surface area contributed by atoms with Gasteiger partial charge in [0.2, 0.25) is 5.91 Å². The first-order valence-electron chi connectivity index (χ1n) is 5.72.